The van der Waals surface area contributed by atoms with Crippen LogP contribution >= 0.6 is 23.2 Å². The van der Waals surface area contributed by atoms with Crippen molar-refractivity contribution in [2.24, 2.45) is 5.73 Å². The molecule has 0 radical (unpaired) electrons. The monoisotopic (exact) mass is 513 g/mol. The summed E-state index contributed by atoms with van der Waals surface area (Å²) in [5.74, 6) is -1.33. The molecule has 0 aromatic heterocycles. The lowest BCUT2D eigenvalue weighted by atomic mass is 10.0. The van der Waals surface area contributed by atoms with Gasteiger partial charge in [-0.2, -0.15) is 0 Å². The van der Waals surface area contributed by atoms with E-state index in [1.165, 1.54) is 0 Å². The minimum atomic E-state index is -1.05. The third-order valence-electron chi connectivity index (χ3n) is 5.20. The average Bonchev–Trinajstić information content (AvgIpc) is 2.84. The number of nitrogens with one attached hydrogen (secondary N) is 2. The predicted octanol–water partition coefficient (Wildman–Crippen LogP) is 4.04. The number of halogens is 2. The van der Waals surface area contributed by atoms with Crippen molar-refractivity contribution in [3.8, 4) is 0 Å². The molecule has 3 aromatic rings. The Bertz CT molecular complexity index is 1160. The molecule has 0 unspecified atom stereocenters. The topological polar surface area (TPSA) is 111 Å². The first kappa shape index (κ1) is 26.1. The van der Waals surface area contributed by atoms with Crippen LogP contribution in [0, 0.1) is 0 Å². The van der Waals surface area contributed by atoms with Crippen molar-refractivity contribution in [2.45, 2.75) is 31.5 Å². The molecule has 0 aliphatic heterocycles. The van der Waals surface area contributed by atoms with Gasteiger partial charge in [0, 0.05) is 22.9 Å². The van der Waals surface area contributed by atoms with E-state index in [2.05, 4.69) is 10.6 Å². The van der Waals surface area contributed by atoms with Gasteiger partial charge < -0.3 is 21.1 Å². The quantitative estimate of drug-likeness (QED) is 0.379. The molecule has 0 spiro atoms. The van der Waals surface area contributed by atoms with E-state index in [0.29, 0.717) is 15.6 Å². The second kappa shape index (κ2) is 12.8. The highest BCUT2D eigenvalue weighted by Crippen LogP contribution is 2.22. The number of ether oxygens (including phenoxy) is 1. The van der Waals surface area contributed by atoms with Crippen molar-refractivity contribution in [3.63, 3.8) is 0 Å². The normalized spacial score (nSPS) is 12.3. The highest BCUT2D eigenvalue weighted by atomic mass is 35.5. The smallest absolute Gasteiger partial charge is 0.408 e. The van der Waals surface area contributed by atoms with Gasteiger partial charge >= 0.3 is 6.09 Å². The highest BCUT2D eigenvalue weighted by molar-refractivity contribution is 6.35. The van der Waals surface area contributed by atoms with Crippen LogP contribution in [0.15, 0.2) is 78.9 Å². The first-order valence-corrected chi connectivity index (χ1v) is 11.6. The Labute approximate surface area is 213 Å². The van der Waals surface area contributed by atoms with Crippen LogP contribution in [0.3, 0.4) is 0 Å². The number of hydrogen-bond donors (Lipinski definition) is 3. The summed E-state index contributed by atoms with van der Waals surface area (Å²) in [4.78, 5) is 37.7. The first-order valence-electron chi connectivity index (χ1n) is 10.9. The fourth-order valence-electron chi connectivity index (χ4n) is 3.37. The molecule has 3 rings (SSSR count). The average molecular weight is 514 g/mol. The van der Waals surface area contributed by atoms with Crippen molar-refractivity contribution in [2.75, 3.05) is 0 Å². The lowest BCUT2D eigenvalue weighted by molar-refractivity contribution is -0.128. The van der Waals surface area contributed by atoms with E-state index in [-0.39, 0.29) is 19.4 Å². The Hall–Kier alpha value is -3.55. The molecule has 35 heavy (non-hydrogen) atoms. The van der Waals surface area contributed by atoms with Crippen LogP contribution in [0.1, 0.15) is 16.7 Å². The van der Waals surface area contributed by atoms with E-state index in [1.807, 2.05) is 60.7 Å². The van der Waals surface area contributed by atoms with Crippen molar-refractivity contribution >= 4 is 41.1 Å². The fraction of sp³-hybridized carbons (Fsp3) is 0.192. The van der Waals surface area contributed by atoms with Crippen LogP contribution in [0.2, 0.25) is 10.0 Å². The largest absolute Gasteiger partial charge is 0.445 e. The zero-order chi connectivity index (χ0) is 25.2. The van der Waals surface area contributed by atoms with E-state index >= 15 is 0 Å². The molecule has 0 aliphatic rings. The maximum absolute atomic E-state index is 13.2. The molecule has 2 atom stereocenters. The van der Waals surface area contributed by atoms with Gasteiger partial charge in [0.1, 0.15) is 18.7 Å². The number of alkyl carbamates (subject to hydrolysis) is 1. The van der Waals surface area contributed by atoms with E-state index in [1.54, 1.807) is 18.2 Å². The van der Waals surface area contributed by atoms with Crippen molar-refractivity contribution in [3.05, 3.63) is 106 Å². The van der Waals surface area contributed by atoms with Gasteiger partial charge in [-0.05, 0) is 28.8 Å². The summed E-state index contributed by atoms with van der Waals surface area (Å²) < 4.78 is 5.27. The molecule has 3 amide bonds. The molecule has 3 aromatic carbocycles. The summed E-state index contributed by atoms with van der Waals surface area (Å²) >= 11 is 12.2. The lowest BCUT2D eigenvalue weighted by Crippen LogP contribution is -2.54. The standard InChI is InChI=1S/C26H25Cl2N3O4/c27-20-12-11-19(21(28)15-20)14-22(24(29)32)30-25(33)23(13-17-7-3-1-4-8-17)31-26(34)35-16-18-9-5-2-6-10-18/h1-12,15,22-23H,13-14,16H2,(H2,29,32)(H,30,33)(H,31,34)/t22-,23+/m1/s1. The van der Waals surface area contributed by atoms with Crippen LogP contribution < -0.4 is 16.4 Å². The third-order valence-corrected chi connectivity index (χ3v) is 5.79. The first-order chi connectivity index (χ1) is 16.8. The Balaban J connectivity index is 1.71. The van der Waals surface area contributed by atoms with E-state index in [4.69, 9.17) is 33.7 Å². The molecule has 0 bridgehead atoms. The molecule has 0 saturated heterocycles. The third kappa shape index (κ3) is 8.31. The molecule has 0 saturated carbocycles. The number of nitrogens with two attached hydrogens (primary N) is 1. The SMILES string of the molecule is NC(=O)[C@@H](Cc1ccc(Cl)cc1Cl)NC(=O)[C@H](Cc1ccccc1)NC(=O)OCc1ccccc1. The van der Waals surface area contributed by atoms with Gasteiger partial charge in [-0.1, -0.05) is 89.9 Å². The fourth-order valence-corrected chi connectivity index (χ4v) is 3.85. The van der Waals surface area contributed by atoms with Crippen LogP contribution in [-0.4, -0.2) is 30.0 Å². The predicted molar refractivity (Wildman–Crippen MR) is 135 cm³/mol. The maximum Gasteiger partial charge on any atom is 0.408 e. The molecule has 9 heteroatoms. The number of hydrogen-bond acceptors (Lipinski definition) is 4. The van der Waals surface area contributed by atoms with Gasteiger partial charge in [-0.25, -0.2) is 4.79 Å². The maximum atomic E-state index is 13.2. The summed E-state index contributed by atoms with van der Waals surface area (Å²) in [6.07, 6.45) is -0.519. The number of carbonyl (C=O) groups is 3. The van der Waals surface area contributed by atoms with Gasteiger partial charge in [0.2, 0.25) is 11.8 Å². The Morgan fingerprint density at radius 2 is 1.43 bits per heavy atom. The summed E-state index contributed by atoms with van der Waals surface area (Å²) in [7, 11) is 0. The van der Waals surface area contributed by atoms with E-state index in [9.17, 15) is 14.4 Å². The Morgan fingerprint density at radius 3 is 2.03 bits per heavy atom. The van der Waals surface area contributed by atoms with Crippen molar-refractivity contribution < 1.29 is 19.1 Å². The Morgan fingerprint density at radius 1 is 0.800 bits per heavy atom. The van der Waals surface area contributed by atoms with Gasteiger partial charge in [-0.3, -0.25) is 9.59 Å². The molecule has 182 valence electrons. The molecule has 7 nitrogen and oxygen atoms in total. The molecule has 0 heterocycles. The van der Waals surface area contributed by atoms with Crippen molar-refractivity contribution in [1.29, 1.82) is 0 Å². The van der Waals surface area contributed by atoms with Crippen LogP contribution in [0.25, 0.3) is 0 Å². The summed E-state index contributed by atoms with van der Waals surface area (Å²) in [5.41, 5.74) is 7.75. The molecular weight excluding hydrogens is 489 g/mol. The van der Waals surface area contributed by atoms with Gasteiger partial charge in [-0.15, -0.1) is 0 Å². The van der Waals surface area contributed by atoms with E-state index in [0.717, 1.165) is 11.1 Å². The second-order valence-corrected chi connectivity index (χ2v) is 8.70. The summed E-state index contributed by atoms with van der Waals surface area (Å²) in [6.45, 7) is 0.0470. The number of amides is 3. The Kier molecular flexibility index (Phi) is 9.52. The number of carbonyl (C=O) groups excluding carboxylic acids is 3. The number of primary amides is 1. The van der Waals surface area contributed by atoms with Crippen LogP contribution in [0.5, 0.6) is 0 Å². The molecule has 0 fully saturated rings. The summed E-state index contributed by atoms with van der Waals surface area (Å²) in [5, 5.41) is 6.02. The van der Waals surface area contributed by atoms with Gasteiger partial charge in [0.25, 0.3) is 0 Å². The van der Waals surface area contributed by atoms with Gasteiger partial charge in [0.05, 0.1) is 0 Å². The van der Waals surface area contributed by atoms with E-state index < -0.39 is 30.0 Å². The molecule has 0 aliphatic carbocycles. The van der Waals surface area contributed by atoms with Gasteiger partial charge in [0.15, 0.2) is 0 Å². The number of benzene rings is 3. The second-order valence-electron chi connectivity index (χ2n) is 7.85. The minimum absolute atomic E-state index is 0.0470. The van der Waals surface area contributed by atoms with Crippen molar-refractivity contribution in [1.82, 2.24) is 10.6 Å². The molecular formula is C26H25Cl2N3O4. The van der Waals surface area contributed by atoms with Crippen LogP contribution in [-0.2, 0) is 33.8 Å². The lowest BCUT2D eigenvalue weighted by Gasteiger charge is -2.22. The highest BCUT2D eigenvalue weighted by Gasteiger charge is 2.27. The molecule has 4 N–H and O–H groups in total. The van der Waals surface area contributed by atoms with Crippen LogP contribution in [0.4, 0.5) is 4.79 Å². The zero-order valence-electron chi connectivity index (χ0n) is 18.7. The number of rotatable bonds is 10. The minimum Gasteiger partial charge on any atom is -0.445 e. The zero-order valence-corrected chi connectivity index (χ0v) is 20.3. The summed E-state index contributed by atoms with van der Waals surface area (Å²) in [6, 6.07) is 21.1.